The van der Waals surface area contributed by atoms with Crippen LogP contribution in [0.1, 0.15) is 31.6 Å². The highest BCUT2D eigenvalue weighted by Crippen LogP contribution is 2.40. The summed E-state index contributed by atoms with van der Waals surface area (Å²) in [6.07, 6.45) is 2.15. The van der Waals surface area contributed by atoms with Gasteiger partial charge >= 0.3 is 0 Å². The van der Waals surface area contributed by atoms with Crippen LogP contribution in [0.5, 0.6) is 5.75 Å². The number of hydrogen-bond acceptors (Lipinski definition) is 6. The van der Waals surface area contributed by atoms with Crippen molar-refractivity contribution in [1.82, 2.24) is 14.8 Å². The van der Waals surface area contributed by atoms with Crippen molar-refractivity contribution in [2.24, 2.45) is 0 Å². The van der Waals surface area contributed by atoms with Gasteiger partial charge in [-0.05, 0) is 56.2 Å². The van der Waals surface area contributed by atoms with E-state index in [1.165, 1.54) is 11.8 Å². The van der Waals surface area contributed by atoms with Gasteiger partial charge in [-0.15, -0.1) is 10.2 Å². The van der Waals surface area contributed by atoms with Crippen molar-refractivity contribution in [2.45, 2.75) is 42.8 Å². The van der Waals surface area contributed by atoms with E-state index < -0.39 is 0 Å². The smallest absolute Gasteiger partial charge is 0.237 e. The number of amides is 1. The molecule has 168 valence electrons. The van der Waals surface area contributed by atoms with Gasteiger partial charge in [0.15, 0.2) is 11.0 Å². The SMILES string of the molecule is CC(Sc1nnc(COc2ccccc2Cl)n1C1CC1)C(=O)Nc1ccc(N(C)C)cc1. The Bertz CT molecular complexity index is 1080. The molecule has 1 amide bonds. The molecule has 1 aliphatic rings. The van der Waals surface area contributed by atoms with Crippen LogP contribution in [0.4, 0.5) is 11.4 Å². The molecule has 0 spiro atoms. The number of rotatable bonds is 9. The number of para-hydroxylation sites is 1. The van der Waals surface area contributed by atoms with E-state index in [4.69, 9.17) is 16.3 Å². The van der Waals surface area contributed by atoms with Gasteiger partial charge in [-0.2, -0.15) is 0 Å². The molecule has 1 saturated carbocycles. The summed E-state index contributed by atoms with van der Waals surface area (Å²) in [5.41, 5.74) is 1.85. The third-order valence-electron chi connectivity index (χ3n) is 5.14. The third-order valence-corrected chi connectivity index (χ3v) is 6.51. The van der Waals surface area contributed by atoms with Crippen LogP contribution in [0, 0.1) is 0 Å². The molecule has 0 bridgehead atoms. The molecule has 0 aliphatic heterocycles. The summed E-state index contributed by atoms with van der Waals surface area (Å²) >= 11 is 7.59. The number of carbonyl (C=O) groups excluding carboxylic acids is 1. The zero-order valence-corrected chi connectivity index (χ0v) is 19.9. The zero-order chi connectivity index (χ0) is 22.7. The van der Waals surface area contributed by atoms with Gasteiger partial charge < -0.3 is 15.0 Å². The van der Waals surface area contributed by atoms with E-state index in [-0.39, 0.29) is 17.8 Å². The average molecular weight is 472 g/mol. The molecule has 32 heavy (non-hydrogen) atoms. The van der Waals surface area contributed by atoms with Crippen LogP contribution in [0.2, 0.25) is 5.02 Å². The number of anilines is 2. The molecule has 1 fully saturated rings. The Hall–Kier alpha value is -2.71. The predicted octanol–water partition coefficient (Wildman–Crippen LogP) is 5.03. The molecular formula is C23H26ClN5O2S. The monoisotopic (exact) mass is 471 g/mol. The number of halogens is 1. The number of carbonyl (C=O) groups is 1. The summed E-state index contributed by atoms with van der Waals surface area (Å²) < 4.78 is 7.96. The molecule has 1 aromatic heterocycles. The highest BCUT2D eigenvalue weighted by atomic mass is 35.5. The van der Waals surface area contributed by atoms with Gasteiger partial charge in [-0.3, -0.25) is 9.36 Å². The summed E-state index contributed by atoms with van der Waals surface area (Å²) in [6.45, 7) is 2.15. The second kappa shape index (κ2) is 9.83. The maximum atomic E-state index is 12.7. The van der Waals surface area contributed by atoms with Crippen LogP contribution >= 0.6 is 23.4 Å². The summed E-state index contributed by atoms with van der Waals surface area (Å²) in [4.78, 5) is 14.8. The van der Waals surface area contributed by atoms with Crippen molar-refractivity contribution in [3.63, 3.8) is 0 Å². The van der Waals surface area contributed by atoms with Gasteiger partial charge in [0.1, 0.15) is 12.4 Å². The van der Waals surface area contributed by atoms with Crippen molar-refractivity contribution in [3.8, 4) is 5.75 Å². The van der Waals surface area contributed by atoms with Crippen LogP contribution in [0.15, 0.2) is 53.7 Å². The summed E-state index contributed by atoms with van der Waals surface area (Å²) in [5.74, 6) is 1.27. The number of ether oxygens (including phenoxy) is 1. The van der Waals surface area contributed by atoms with Gasteiger partial charge in [0.2, 0.25) is 5.91 Å². The van der Waals surface area contributed by atoms with Crippen LogP contribution < -0.4 is 15.0 Å². The van der Waals surface area contributed by atoms with Gasteiger partial charge in [0.05, 0.1) is 10.3 Å². The third kappa shape index (κ3) is 5.37. The minimum absolute atomic E-state index is 0.0770. The minimum Gasteiger partial charge on any atom is -0.484 e. The van der Waals surface area contributed by atoms with Crippen molar-refractivity contribution in [1.29, 1.82) is 0 Å². The number of hydrogen-bond donors (Lipinski definition) is 1. The lowest BCUT2D eigenvalue weighted by Crippen LogP contribution is -2.23. The second-order valence-corrected chi connectivity index (χ2v) is 9.62. The highest BCUT2D eigenvalue weighted by Gasteiger charge is 2.31. The van der Waals surface area contributed by atoms with Crippen molar-refractivity contribution in [3.05, 3.63) is 59.4 Å². The van der Waals surface area contributed by atoms with E-state index in [1.807, 2.05) is 68.4 Å². The second-order valence-electron chi connectivity index (χ2n) is 7.91. The van der Waals surface area contributed by atoms with E-state index in [9.17, 15) is 4.79 Å². The lowest BCUT2D eigenvalue weighted by molar-refractivity contribution is -0.115. The number of nitrogens with zero attached hydrogens (tertiary/aromatic N) is 4. The number of thioether (sulfide) groups is 1. The molecule has 0 radical (unpaired) electrons. The normalized spacial score (nSPS) is 14.1. The first-order valence-corrected chi connectivity index (χ1v) is 11.7. The van der Waals surface area contributed by atoms with Gasteiger partial charge in [0.25, 0.3) is 0 Å². The van der Waals surface area contributed by atoms with Crippen LogP contribution in [0.25, 0.3) is 0 Å². The molecule has 1 heterocycles. The topological polar surface area (TPSA) is 72.3 Å². The highest BCUT2D eigenvalue weighted by molar-refractivity contribution is 8.00. The molecule has 9 heteroatoms. The maximum Gasteiger partial charge on any atom is 0.237 e. The first-order chi connectivity index (χ1) is 15.4. The molecule has 0 saturated heterocycles. The fraction of sp³-hybridized carbons (Fsp3) is 0.348. The molecule has 2 aromatic carbocycles. The molecule has 7 nitrogen and oxygen atoms in total. The van der Waals surface area contributed by atoms with E-state index >= 15 is 0 Å². The number of benzene rings is 2. The Labute approximate surface area is 197 Å². The predicted molar refractivity (Wildman–Crippen MR) is 129 cm³/mol. The van der Waals surface area contributed by atoms with E-state index in [2.05, 4.69) is 20.1 Å². The Morgan fingerprint density at radius 1 is 1.22 bits per heavy atom. The molecule has 1 unspecified atom stereocenters. The molecule has 1 aliphatic carbocycles. The Balaban J connectivity index is 1.41. The van der Waals surface area contributed by atoms with Crippen LogP contribution in [-0.2, 0) is 11.4 Å². The first-order valence-electron chi connectivity index (χ1n) is 10.5. The van der Waals surface area contributed by atoms with Crippen molar-refractivity contribution >= 4 is 40.6 Å². The van der Waals surface area contributed by atoms with Crippen LogP contribution in [0.3, 0.4) is 0 Å². The van der Waals surface area contributed by atoms with E-state index in [0.717, 1.165) is 35.2 Å². The number of aromatic nitrogens is 3. The van der Waals surface area contributed by atoms with Crippen molar-refractivity contribution in [2.75, 3.05) is 24.3 Å². The minimum atomic E-state index is -0.331. The summed E-state index contributed by atoms with van der Waals surface area (Å²) in [5, 5.41) is 12.6. The lowest BCUT2D eigenvalue weighted by atomic mass is 10.2. The molecule has 1 atom stereocenters. The molecule has 1 N–H and O–H groups in total. The quantitative estimate of drug-likeness (QED) is 0.441. The lowest BCUT2D eigenvalue weighted by Gasteiger charge is -2.15. The fourth-order valence-electron chi connectivity index (χ4n) is 3.19. The Morgan fingerprint density at radius 3 is 2.59 bits per heavy atom. The molecule has 3 aromatic rings. The van der Waals surface area contributed by atoms with Gasteiger partial charge in [-0.25, -0.2) is 0 Å². The summed E-state index contributed by atoms with van der Waals surface area (Å²) in [6, 6.07) is 15.5. The maximum absolute atomic E-state index is 12.7. The largest absolute Gasteiger partial charge is 0.484 e. The molecular weight excluding hydrogens is 446 g/mol. The van der Waals surface area contributed by atoms with E-state index in [1.54, 1.807) is 6.07 Å². The van der Waals surface area contributed by atoms with Gasteiger partial charge in [0, 0.05) is 31.5 Å². The average Bonchev–Trinajstić information content (AvgIpc) is 3.54. The number of nitrogens with one attached hydrogen (secondary N) is 1. The zero-order valence-electron chi connectivity index (χ0n) is 18.3. The van der Waals surface area contributed by atoms with Crippen molar-refractivity contribution < 1.29 is 9.53 Å². The Kier molecular flexibility index (Phi) is 6.91. The van der Waals surface area contributed by atoms with Gasteiger partial charge in [-0.1, -0.05) is 35.5 Å². The molecule has 4 rings (SSSR count). The standard InChI is InChI=1S/C23H26ClN5O2S/c1-15(22(30)25-16-8-10-17(11-9-16)28(2)3)32-23-27-26-21(29(23)18-12-13-18)14-31-20-7-5-4-6-19(20)24/h4-11,15,18H,12-14H2,1-3H3,(H,25,30). The first kappa shape index (κ1) is 22.5. The Morgan fingerprint density at radius 2 is 1.94 bits per heavy atom. The van der Waals surface area contributed by atoms with E-state index in [0.29, 0.717) is 16.8 Å². The fourth-order valence-corrected chi connectivity index (χ4v) is 4.32. The summed E-state index contributed by atoms with van der Waals surface area (Å²) in [7, 11) is 3.96. The van der Waals surface area contributed by atoms with Crippen LogP contribution in [-0.4, -0.2) is 40.0 Å².